The van der Waals surface area contributed by atoms with Gasteiger partial charge in [0.05, 0.1) is 32.4 Å². The monoisotopic (exact) mass is 421 g/mol. The number of nitrogens with zero attached hydrogens (tertiary/aromatic N) is 1. The summed E-state index contributed by atoms with van der Waals surface area (Å²) < 4.78 is 0.664. The number of fused-ring (bicyclic) bond motifs is 1. The van der Waals surface area contributed by atoms with Crippen molar-refractivity contribution in [3.05, 3.63) is 82.2 Å². The van der Waals surface area contributed by atoms with E-state index in [4.69, 9.17) is 17.3 Å². The molecule has 0 radical (unpaired) electrons. The van der Waals surface area contributed by atoms with Crippen LogP contribution in [0.25, 0.3) is 21.5 Å². The summed E-state index contributed by atoms with van der Waals surface area (Å²) in [5.41, 5.74) is 8.59. The van der Waals surface area contributed by atoms with Crippen LogP contribution in [0.4, 0.5) is 5.69 Å². The minimum atomic E-state index is -0.397. The minimum absolute atomic E-state index is 0.163. The molecule has 2 heterocycles. The highest BCUT2D eigenvalue weighted by Crippen LogP contribution is 2.32. The maximum Gasteiger partial charge on any atom is 0.256 e. The molecule has 144 valence electrons. The van der Waals surface area contributed by atoms with Gasteiger partial charge in [0.2, 0.25) is 5.91 Å². The number of aromatic nitrogens is 1. The zero-order valence-electron chi connectivity index (χ0n) is 15.2. The van der Waals surface area contributed by atoms with Crippen LogP contribution in [0.5, 0.6) is 0 Å². The van der Waals surface area contributed by atoms with E-state index in [-0.39, 0.29) is 12.3 Å². The van der Waals surface area contributed by atoms with Gasteiger partial charge in [-0.3, -0.25) is 9.59 Å². The number of amides is 2. The fourth-order valence-electron chi connectivity index (χ4n) is 3.05. The number of thiophene rings is 1. The maximum absolute atomic E-state index is 13.0. The highest BCUT2D eigenvalue weighted by atomic mass is 35.5. The van der Waals surface area contributed by atoms with Crippen LogP contribution >= 0.6 is 22.9 Å². The number of rotatable bonds is 5. The largest absolute Gasteiger partial charge is 0.369 e. The van der Waals surface area contributed by atoms with Gasteiger partial charge in [-0.1, -0.05) is 41.9 Å². The number of nitrogens with two attached hydrogens (primary N) is 1. The van der Waals surface area contributed by atoms with Crippen LogP contribution in [0, 0.1) is 0 Å². The molecule has 2 aromatic carbocycles. The molecule has 0 aliphatic heterocycles. The molecule has 2 amide bonds. The van der Waals surface area contributed by atoms with Gasteiger partial charge in [0.1, 0.15) is 0 Å². The van der Waals surface area contributed by atoms with E-state index in [1.807, 2.05) is 36.4 Å². The number of primary amides is 1. The van der Waals surface area contributed by atoms with Crippen molar-refractivity contribution in [1.29, 1.82) is 0 Å². The summed E-state index contributed by atoms with van der Waals surface area (Å²) in [6.07, 6.45) is 0.163. The Morgan fingerprint density at radius 3 is 2.48 bits per heavy atom. The van der Waals surface area contributed by atoms with Crippen molar-refractivity contribution >= 4 is 51.3 Å². The second-order valence-electron chi connectivity index (χ2n) is 6.47. The molecule has 4 aromatic rings. The van der Waals surface area contributed by atoms with E-state index in [0.29, 0.717) is 21.3 Å². The van der Waals surface area contributed by atoms with Gasteiger partial charge >= 0.3 is 0 Å². The third-order valence-electron chi connectivity index (χ3n) is 4.38. The van der Waals surface area contributed by atoms with Crippen molar-refractivity contribution in [2.75, 3.05) is 5.32 Å². The van der Waals surface area contributed by atoms with Gasteiger partial charge in [0, 0.05) is 11.1 Å². The van der Waals surface area contributed by atoms with Crippen molar-refractivity contribution in [3.63, 3.8) is 0 Å². The molecular formula is C22H16ClN3O2S. The topological polar surface area (TPSA) is 85.1 Å². The highest BCUT2D eigenvalue weighted by molar-refractivity contribution is 7.19. The van der Waals surface area contributed by atoms with Crippen LogP contribution in [0.1, 0.15) is 15.9 Å². The highest BCUT2D eigenvalue weighted by Gasteiger charge is 2.15. The normalized spacial score (nSPS) is 10.8. The molecule has 0 bridgehead atoms. The van der Waals surface area contributed by atoms with E-state index in [9.17, 15) is 9.59 Å². The summed E-state index contributed by atoms with van der Waals surface area (Å²) in [6, 6.07) is 20.0. The van der Waals surface area contributed by atoms with E-state index in [0.717, 1.165) is 21.3 Å². The third-order valence-corrected chi connectivity index (χ3v) is 5.63. The average Bonchev–Trinajstić information content (AvgIpc) is 3.14. The lowest BCUT2D eigenvalue weighted by Crippen LogP contribution is -2.14. The number of anilines is 1. The fraction of sp³-hybridized carbons (Fsp3) is 0.0455. The number of hydrogen-bond acceptors (Lipinski definition) is 4. The molecule has 5 nitrogen and oxygen atoms in total. The Labute approximate surface area is 176 Å². The zero-order chi connectivity index (χ0) is 20.4. The van der Waals surface area contributed by atoms with Crippen LogP contribution in [0.3, 0.4) is 0 Å². The van der Waals surface area contributed by atoms with Crippen molar-refractivity contribution < 1.29 is 9.59 Å². The third kappa shape index (κ3) is 4.29. The summed E-state index contributed by atoms with van der Waals surface area (Å²) in [5, 5.41) is 3.67. The molecular weight excluding hydrogens is 406 g/mol. The van der Waals surface area contributed by atoms with Gasteiger partial charge in [-0.05, 0) is 42.0 Å². The standard InChI is InChI=1S/C22H16ClN3O2S/c23-20-10-9-19(29-20)18-12-16(15-3-1-2-4-17(15)26-18)22(28)25-14-7-5-13(6-8-14)11-21(24)27/h1-10,12H,11H2,(H2,24,27)(H,25,28). The Morgan fingerprint density at radius 1 is 1.03 bits per heavy atom. The van der Waals surface area contributed by atoms with Crippen LogP contribution < -0.4 is 11.1 Å². The summed E-state index contributed by atoms with van der Waals surface area (Å²) in [5.74, 6) is -0.638. The molecule has 4 rings (SSSR count). The second kappa shape index (κ2) is 8.03. The predicted octanol–water partition coefficient (Wildman–Crippen LogP) is 4.90. The number of nitrogens with one attached hydrogen (secondary N) is 1. The molecule has 0 saturated heterocycles. The lowest BCUT2D eigenvalue weighted by Gasteiger charge is -2.10. The number of para-hydroxylation sites is 1. The summed E-state index contributed by atoms with van der Waals surface area (Å²) >= 11 is 7.48. The first kappa shape index (κ1) is 19.1. The summed E-state index contributed by atoms with van der Waals surface area (Å²) in [4.78, 5) is 29.6. The number of carbonyl (C=O) groups is 2. The van der Waals surface area contributed by atoms with Crippen LogP contribution in [0.15, 0.2) is 66.7 Å². The number of halogens is 1. The van der Waals surface area contributed by atoms with Crippen molar-refractivity contribution in [2.45, 2.75) is 6.42 Å². The Balaban J connectivity index is 1.68. The predicted molar refractivity (Wildman–Crippen MR) is 117 cm³/mol. The van der Waals surface area contributed by atoms with Crippen LogP contribution in [-0.4, -0.2) is 16.8 Å². The number of carbonyl (C=O) groups excluding carboxylic acids is 2. The van der Waals surface area contributed by atoms with Gasteiger partial charge in [-0.25, -0.2) is 4.98 Å². The van der Waals surface area contributed by atoms with E-state index in [2.05, 4.69) is 10.3 Å². The Kier molecular flexibility index (Phi) is 5.29. The van der Waals surface area contributed by atoms with Gasteiger partial charge in [0.15, 0.2) is 0 Å². The van der Waals surface area contributed by atoms with Crippen LogP contribution in [0.2, 0.25) is 4.34 Å². The lowest BCUT2D eigenvalue weighted by molar-refractivity contribution is -0.117. The Morgan fingerprint density at radius 2 is 1.79 bits per heavy atom. The van der Waals surface area contributed by atoms with E-state index < -0.39 is 5.91 Å². The van der Waals surface area contributed by atoms with E-state index in [1.165, 1.54) is 11.3 Å². The van der Waals surface area contributed by atoms with Gasteiger partial charge in [-0.15, -0.1) is 11.3 Å². The van der Waals surface area contributed by atoms with Crippen LogP contribution in [-0.2, 0) is 11.2 Å². The first-order valence-corrected chi connectivity index (χ1v) is 10.0. The molecule has 2 aromatic heterocycles. The molecule has 0 atom stereocenters. The summed E-state index contributed by atoms with van der Waals surface area (Å²) in [6.45, 7) is 0. The maximum atomic E-state index is 13.0. The molecule has 0 saturated carbocycles. The number of hydrogen-bond donors (Lipinski definition) is 2. The number of benzene rings is 2. The minimum Gasteiger partial charge on any atom is -0.369 e. The molecule has 0 spiro atoms. The summed E-state index contributed by atoms with van der Waals surface area (Å²) in [7, 11) is 0. The SMILES string of the molecule is NC(=O)Cc1ccc(NC(=O)c2cc(-c3ccc(Cl)s3)nc3ccccc23)cc1. The molecule has 7 heteroatoms. The number of pyridine rings is 1. The second-order valence-corrected chi connectivity index (χ2v) is 8.19. The molecule has 0 aliphatic rings. The first-order valence-electron chi connectivity index (χ1n) is 8.84. The molecule has 0 aliphatic carbocycles. The molecule has 29 heavy (non-hydrogen) atoms. The van der Waals surface area contributed by atoms with Crippen molar-refractivity contribution in [2.24, 2.45) is 5.73 Å². The molecule has 3 N–H and O–H groups in total. The average molecular weight is 422 g/mol. The van der Waals surface area contributed by atoms with Crippen molar-refractivity contribution in [1.82, 2.24) is 4.98 Å². The van der Waals surface area contributed by atoms with E-state index >= 15 is 0 Å². The smallest absolute Gasteiger partial charge is 0.256 e. The Hall–Kier alpha value is -3.22. The Bertz CT molecular complexity index is 1220. The van der Waals surface area contributed by atoms with Gasteiger partial charge in [-0.2, -0.15) is 0 Å². The quantitative estimate of drug-likeness (QED) is 0.480. The molecule has 0 unspecified atom stereocenters. The fourth-order valence-corrected chi connectivity index (χ4v) is 4.05. The van der Waals surface area contributed by atoms with Gasteiger partial charge < -0.3 is 11.1 Å². The van der Waals surface area contributed by atoms with Crippen molar-refractivity contribution in [3.8, 4) is 10.6 Å². The molecule has 0 fully saturated rings. The van der Waals surface area contributed by atoms with Gasteiger partial charge in [0.25, 0.3) is 5.91 Å². The zero-order valence-corrected chi connectivity index (χ0v) is 16.8. The first-order chi connectivity index (χ1) is 14.0. The lowest BCUT2D eigenvalue weighted by atomic mass is 10.1. The van der Waals surface area contributed by atoms with E-state index in [1.54, 1.807) is 30.3 Å².